The van der Waals surface area contributed by atoms with Crippen molar-refractivity contribution in [2.75, 3.05) is 26.3 Å². The molecule has 2 atom stereocenters. The maximum absolute atomic E-state index is 12.8. The Hall–Kier alpha value is -1.56. The first-order valence-electron chi connectivity index (χ1n) is 7.42. The Morgan fingerprint density at radius 1 is 1.43 bits per heavy atom. The number of aliphatic carboxylic acids is 1. The third-order valence-electron chi connectivity index (χ3n) is 3.67. The van der Waals surface area contributed by atoms with Crippen molar-refractivity contribution in [3.63, 3.8) is 0 Å². The van der Waals surface area contributed by atoms with E-state index in [-0.39, 0.29) is 25.3 Å². The van der Waals surface area contributed by atoms with Crippen molar-refractivity contribution in [1.29, 1.82) is 0 Å². The number of carbonyl (C=O) groups excluding carboxylic acids is 1. The van der Waals surface area contributed by atoms with Gasteiger partial charge in [-0.2, -0.15) is 0 Å². The second-order valence-corrected chi connectivity index (χ2v) is 5.56. The molecular formula is C15H26N2O4. The fraction of sp³-hybridized carbons (Fsp3) is 0.733. The van der Waals surface area contributed by atoms with Gasteiger partial charge in [-0.15, -0.1) is 6.58 Å². The van der Waals surface area contributed by atoms with Gasteiger partial charge in [0.1, 0.15) is 5.92 Å². The number of hydrogen-bond acceptors (Lipinski definition) is 3. The summed E-state index contributed by atoms with van der Waals surface area (Å²) in [6, 6.07) is -0.519. The molecule has 1 aliphatic heterocycles. The number of hydrogen-bond donors (Lipinski definition) is 1. The number of carbonyl (C=O) groups is 2. The summed E-state index contributed by atoms with van der Waals surface area (Å²) in [5.41, 5.74) is 0. The quantitative estimate of drug-likeness (QED) is 0.728. The Labute approximate surface area is 126 Å². The number of ether oxygens (including phenoxy) is 1. The van der Waals surface area contributed by atoms with Crippen molar-refractivity contribution in [2.45, 2.75) is 39.3 Å². The van der Waals surface area contributed by atoms with Crippen LogP contribution in [-0.2, 0) is 9.53 Å². The van der Waals surface area contributed by atoms with Gasteiger partial charge in [0.25, 0.3) is 0 Å². The zero-order chi connectivity index (χ0) is 16.0. The van der Waals surface area contributed by atoms with E-state index in [4.69, 9.17) is 4.74 Å². The maximum atomic E-state index is 12.8. The van der Waals surface area contributed by atoms with Crippen LogP contribution < -0.4 is 0 Å². The highest BCUT2D eigenvalue weighted by Gasteiger charge is 2.41. The fourth-order valence-electron chi connectivity index (χ4n) is 2.54. The molecule has 0 aromatic heterocycles. The van der Waals surface area contributed by atoms with Crippen LogP contribution >= 0.6 is 0 Å². The van der Waals surface area contributed by atoms with Gasteiger partial charge in [-0.1, -0.05) is 13.0 Å². The van der Waals surface area contributed by atoms with Crippen molar-refractivity contribution in [3.05, 3.63) is 12.7 Å². The van der Waals surface area contributed by atoms with E-state index < -0.39 is 17.9 Å². The van der Waals surface area contributed by atoms with Crippen LogP contribution in [0.4, 0.5) is 4.79 Å². The average Bonchev–Trinajstić information content (AvgIpc) is 2.90. The zero-order valence-electron chi connectivity index (χ0n) is 13.1. The lowest BCUT2D eigenvalue weighted by Gasteiger charge is -2.36. The summed E-state index contributed by atoms with van der Waals surface area (Å²) >= 11 is 0. The van der Waals surface area contributed by atoms with Gasteiger partial charge in [0.05, 0.1) is 19.3 Å². The van der Waals surface area contributed by atoms with Crippen LogP contribution in [0.15, 0.2) is 12.7 Å². The van der Waals surface area contributed by atoms with E-state index in [1.54, 1.807) is 15.9 Å². The summed E-state index contributed by atoms with van der Waals surface area (Å²) in [6.07, 6.45) is 2.45. The first-order valence-corrected chi connectivity index (χ1v) is 7.42. The molecule has 6 nitrogen and oxygen atoms in total. The molecule has 0 aromatic carbocycles. The lowest BCUT2D eigenvalue weighted by molar-refractivity contribution is -0.142. The Morgan fingerprint density at radius 2 is 2.10 bits per heavy atom. The Balaban J connectivity index is 2.96. The predicted octanol–water partition coefficient (Wildman–Crippen LogP) is 1.81. The van der Waals surface area contributed by atoms with Gasteiger partial charge in [-0.3, -0.25) is 4.79 Å². The molecule has 0 aliphatic carbocycles. The highest BCUT2D eigenvalue weighted by atomic mass is 16.5. The van der Waals surface area contributed by atoms with Crippen LogP contribution in [0, 0.1) is 5.92 Å². The molecular weight excluding hydrogens is 272 g/mol. The van der Waals surface area contributed by atoms with Crippen LogP contribution in [0.25, 0.3) is 0 Å². The van der Waals surface area contributed by atoms with E-state index in [9.17, 15) is 14.7 Å². The van der Waals surface area contributed by atoms with Crippen molar-refractivity contribution in [2.24, 2.45) is 5.92 Å². The van der Waals surface area contributed by atoms with Gasteiger partial charge in [-0.25, -0.2) is 4.79 Å². The zero-order valence-corrected chi connectivity index (χ0v) is 13.1. The molecule has 1 aliphatic rings. The fourth-order valence-corrected chi connectivity index (χ4v) is 2.54. The molecule has 2 amide bonds. The van der Waals surface area contributed by atoms with E-state index in [2.05, 4.69) is 6.58 Å². The smallest absolute Gasteiger partial charge is 0.320 e. The molecule has 120 valence electrons. The molecule has 1 fully saturated rings. The van der Waals surface area contributed by atoms with Gasteiger partial charge < -0.3 is 19.6 Å². The van der Waals surface area contributed by atoms with Gasteiger partial charge in [0.15, 0.2) is 0 Å². The minimum atomic E-state index is -0.911. The number of nitrogens with zero attached hydrogens (tertiary/aromatic N) is 2. The molecule has 2 unspecified atom stereocenters. The maximum Gasteiger partial charge on any atom is 0.320 e. The molecule has 1 heterocycles. The van der Waals surface area contributed by atoms with Gasteiger partial charge >= 0.3 is 12.0 Å². The Morgan fingerprint density at radius 3 is 2.57 bits per heavy atom. The van der Waals surface area contributed by atoms with Crippen LogP contribution in [0.1, 0.15) is 27.2 Å². The second kappa shape index (κ2) is 8.02. The van der Waals surface area contributed by atoms with Crippen molar-refractivity contribution in [1.82, 2.24) is 9.80 Å². The monoisotopic (exact) mass is 298 g/mol. The van der Waals surface area contributed by atoms with Crippen LogP contribution in [0.2, 0.25) is 0 Å². The number of rotatable bonds is 7. The molecule has 1 saturated heterocycles. The molecule has 0 radical (unpaired) electrons. The molecule has 0 spiro atoms. The lowest BCUT2D eigenvalue weighted by Crippen LogP contribution is -2.53. The van der Waals surface area contributed by atoms with Crippen LogP contribution in [0.3, 0.4) is 0 Å². The van der Waals surface area contributed by atoms with Gasteiger partial charge in [0, 0.05) is 19.1 Å². The predicted molar refractivity (Wildman–Crippen MR) is 80.2 cm³/mol. The molecule has 21 heavy (non-hydrogen) atoms. The summed E-state index contributed by atoms with van der Waals surface area (Å²) in [5, 5.41) is 9.29. The summed E-state index contributed by atoms with van der Waals surface area (Å²) < 4.78 is 5.30. The van der Waals surface area contributed by atoms with E-state index in [0.29, 0.717) is 13.1 Å². The molecule has 6 heteroatoms. The molecule has 0 bridgehead atoms. The standard InChI is InChI=1S/C15H26N2O4/c1-5-7-16(11(3)4)15(20)17(8-6-2)13-10-21-9-12(13)14(18)19/h5,11-13H,1,6-10H2,2-4H3,(H,18,19). The van der Waals surface area contributed by atoms with Crippen molar-refractivity contribution in [3.8, 4) is 0 Å². The SMILES string of the molecule is C=CCN(C(=O)N(CCC)C1COCC1C(=O)O)C(C)C. The van der Waals surface area contributed by atoms with Gasteiger partial charge in [-0.05, 0) is 20.3 Å². The topological polar surface area (TPSA) is 70.1 Å². The minimum absolute atomic E-state index is 0.0282. The number of urea groups is 1. The van der Waals surface area contributed by atoms with Crippen LogP contribution in [0.5, 0.6) is 0 Å². The third-order valence-corrected chi connectivity index (χ3v) is 3.67. The summed E-state index contributed by atoms with van der Waals surface area (Å²) in [4.78, 5) is 27.4. The highest BCUT2D eigenvalue weighted by molar-refractivity contribution is 5.77. The van der Waals surface area contributed by atoms with Crippen molar-refractivity contribution >= 4 is 12.0 Å². The number of carboxylic acids is 1. The van der Waals surface area contributed by atoms with Crippen LogP contribution in [-0.4, -0.2) is 65.3 Å². The summed E-state index contributed by atoms with van der Waals surface area (Å²) in [6.45, 7) is 10.9. The first-order chi connectivity index (χ1) is 9.93. The summed E-state index contributed by atoms with van der Waals surface area (Å²) in [5.74, 6) is -1.57. The van der Waals surface area contributed by atoms with E-state index in [1.807, 2.05) is 20.8 Å². The molecule has 1 N–H and O–H groups in total. The third kappa shape index (κ3) is 4.20. The summed E-state index contributed by atoms with van der Waals surface area (Å²) in [7, 11) is 0. The van der Waals surface area contributed by atoms with Gasteiger partial charge in [0.2, 0.25) is 0 Å². The number of carboxylic acid groups (broad SMARTS) is 1. The first kappa shape index (κ1) is 17.5. The Kier molecular flexibility index (Phi) is 6.68. The molecule has 0 saturated carbocycles. The Bertz CT molecular complexity index is 384. The van der Waals surface area contributed by atoms with E-state index in [0.717, 1.165) is 6.42 Å². The minimum Gasteiger partial charge on any atom is -0.481 e. The largest absolute Gasteiger partial charge is 0.481 e. The molecule has 0 aromatic rings. The lowest BCUT2D eigenvalue weighted by atomic mass is 10.0. The second-order valence-electron chi connectivity index (χ2n) is 5.56. The van der Waals surface area contributed by atoms with E-state index >= 15 is 0 Å². The molecule has 1 rings (SSSR count). The van der Waals surface area contributed by atoms with E-state index in [1.165, 1.54) is 0 Å². The normalized spacial score (nSPS) is 21.3. The highest BCUT2D eigenvalue weighted by Crippen LogP contribution is 2.22. The average molecular weight is 298 g/mol. The van der Waals surface area contributed by atoms with Crippen molar-refractivity contribution < 1.29 is 19.4 Å². The number of amides is 2.